The van der Waals surface area contributed by atoms with Crippen molar-refractivity contribution in [3.63, 3.8) is 0 Å². The number of rotatable bonds is 7. The summed E-state index contributed by atoms with van der Waals surface area (Å²) >= 11 is 1.50. The number of ketones is 1. The van der Waals surface area contributed by atoms with Crippen molar-refractivity contribution in [2.75, 3.05) is 20.1 Å². The molecular formula is C13H21NO2S. The molecule has 4 heteroatoms. The molecule has 1 aromatic rings. The quantitative estimate of drug-likeness (QED) is 0.761. The summed E-state index contributed by atoms with van der Waals surface area (Å²) in [6.45, 7) is 5.04. The van der Waals surface area contributed by atoms with Gasteiger partial charge in [0.15, 0.2) is 5.78 Å². The Morgan fingerprint density at radius 1 is 1.53 bits per heavy atom. The summed E-state index contributed by atoms with van der Waals surface area (Å²) < 4.78 is 0. The molecule has 0 saturated carbocycles. The standard InChI is InChI=1S/C13H21NO2S/c1-13(2,16)10-14(3)8-4-6-11(15)12-7-5-9-17-12/h5,7,9,16H,4,6,8,10H2,1-3H3. The van der Waals surface area contributed by atoms with Crippen LogP contribution in [0.1, 0.15) is 36.4 Å². The monoisotopic (exact) mass is 255 g/mol. The maximum atomic E-state index is 11.7. The molecule has 0 amide bonds. The molecule has 96 valence electrons. The van der Waals surface area contributed by atoms with Gasteiger partial charge in [0.2, 0.25) is 0 Å². The molecule has 1 rings (SSSR count). The molecule has 0 aliphatic rings. The summed E-state index contributed by atoms with van der Waals surface area (Å²) in [5.74, 6) is 0.219. The van der Waals surface area contributed by atoms with Crippen molar-refractivity contribution in [3.8, 4) is 0 Å². The van der Waals surface area contributed by atoms with Crippen molar-refractivity contribution in [1.29, 1.82) is 0 Å². The van der Waals surface area contributed by atoms with Crippen LogP contribution in [0.2, 0.25) is 0 Å². The molecule has 0 aromatic carbocycles. The van der Waals surface area contributed by atoms with Crippen molar-refractivity contribution in [2.24, 2.45) is 0 Å². The molecule has 1 aromatic heterocycles. The highest BCUT2D eigenvalue weighted by Gasteiger charge is 2.15. The molecule has 0 bridgehead atoms. The zero-order valence-corrected chi connectivity index (χ0v) is 11.6. The number of likely N-dealkylation sites (N-methyl/N-ethyl adjacent to an activating group) is 1. The normalized spacial score (nSPS) is 12.1. The molecule has 1 N–H and O–H groups in total. The molecule has 0 atom stereocenters. The minimum atomic E-state index is -0.674. The third kappa shape index (κ3) is 5.96. The number of carbonyl (C=O) groups excluding carboxylic acids is 1. The minimum absolute atomic E-state index is 0.219. The van der Waals surface area contributed by atoms with Crippen LogP contribution in [0, 0.1) is 0 Å². The van der Waals surface area contributed by atoms with Gasteiger partial charge in [0.05, 0.1) is 10.5 Å². The largest absolute Gasteiger partial charge is 0.389 e. The lowest BCUT2D eigenvalue weighted by Crippen LogP contribution is -2.36. The smallest absolute Gasteiger partial charge is 0.172 e. The fourth-order valence-corrected chi connectivity index (χ4v) is 2.50. The number of thiophene rings is 1. The van der Waals surface area contributed by atoms with Crippen LogP contribution in [0.5, 0.6) is 0 Å². The SMILES string of the molecule is CN(CCCC(=O)c1cccs1)CC(C)(C)O. The molecule has 0 spiro atoms. The van der Waals surface area contributed by atoms with Crippen LogP contribution in [-0.2, 0) is 0 Å². The van der Waals surface area contributed by atoms with Gasteiger partial charge in [-0.1, -0.05) is 6.07 Å². The zero-order valence-electron chi connectivity index (χ0n) is 10.8. The maximum absolute atomic E-state index is 11.7. The van der Waals surface area contributed by atoms with Gasteiger partial charge in [0, 0.05) is 13.0 Å². The lowest BCUT2D eigenvalue weighted by Gasteiger charge is -2.25. The molecule has 1 heterocycles. The van der Waals surface area contributed by atoms with E-state index < -0.39 is 5.60 Å². The van der Waals surface area contributed by atoms with Crippen molar-refractivity contribution < 1.29 is 9.90 Å². The average Bonchev–Trinajstić information content (AvgIpc) is 2.66. The van der Waals surface area contributed by atoms with Crippen LogP contribution in [-0.4, -0.2) is 41.5 Å². The van der Waals surface area contributed by atoms with Crippen molar-refractivity contribution in [3.05, 3.63) is 22.4 Å². The summed E-state index contributed by atoms with van der Waals surface area (Å²) in [5, 5.41) is 11.6. The first kappa shape index (κ1) is 14.4. The lowest BCUT2D eigenvalue weighted by molar-refractivity contribution is 0.0442. The Bertz CT molecular complexity index is 341. The van der Waals surface area contributed by atoms with Gasteiger partial charge in [-0.15, -0.1) is 11.3 Å². The Labute approximate surface area is 107 Å². The fraction of sp³-hybridized carbons (Fsp3) is 0.615. The van der Waals surface area contributed by atoms with E-state index in [-0.39, 0.29) is 5.78 Å². The molecule has 0 aliphatic heterocycles. The van der Waals surface area contributed by atoms with Gasteiger partial charge in [0.25, 0.3) is 0 Å². The van der Waals surface area contributed by atoms with Gasteiger partial charge in [-0.2, -0.15) is 0 Å². The van der Waals surface area contributed by atoms with E-state index in [4.69, 9.17) is 0 Å². The van der Waals surface area contributed by atoms with Crippen LogP contribution in [0.15, 0.2) is 17.5 Å². The molecular weight excluding hydrogens is 234 g/mol. The summed E-state index contributed by atoms with van der Waals surface area (Å²) in [4.78, 5) is 14.6. The molecule has 0 saturated heterocycles. The number of Topliss-reactive ketones (excluding diaryl/α,β-unsaturated/α-hetero) is 1. The van der Waals surface area contributed by atoms with E-state index in [0.29, 0.717) is 13.0 Å². The highest BCUT2D eigenvalue weighted by Crippen LogP contribution is 2.12. The second kappa shape index (κ2) is 6.28. The van der Waals surface area contributed by atoms with Crippen LogP contribution >= 0.6 is 11.3 Å². The van der Waals surface area contributed by atoms with Crippen LogP contribution in [0.4, 0.5) is 0 Å². The van der Waals surface area contributed by atoms with Gasteiger partial charge < -0.3 is 10.0 Å². The third-order valence-corrected chi connectivity index (χ3v) is 3.31. The Hall–Kier alpha value is -0.710. The molecule has 0 unspecified atom stereocenters. The third-order valence-electron chi connectivity index (χ3n) is 2.40. The van der Waals surface area contributed by atoms with E-state index in [1.165, 1.54) is 11.3 Å². The summed E-state index contributed by atoms with van der Waals surface area (Å²) in [6.07, 6.45) is 1.42. The van der Waals surface area contributed by atoms with E-state index in [2.05, 4.69) is 4.90 Å². The van der Waals surface area contributed by atoms with Crippen molar-refractivity contribution >= 4 is 17.1 Å². The van der Waals surface area contributed by atoms with E-state index in [0.717, 1.165) is 17.8 Å². The van der Waals surface area contributed by atoms with E-state index >= 15 is 0 Å². The Balaban J connectivity index is 2.22. The topological polar surface area (TPSA) is 40.5 Å². The summed E-state index contributed by atoms with van der Waals surface area (Å²) in [5.41, 5.74) is -0.674. The van der Waals surface area contributed by atoms with Crippen molar-refractivity contribution in [1.82, 2.24) is 4.90 Å². The molecule has 0 aliphatic carbocycles. The molecule has 0 radical (unpaired) electrons. The fourth-order valence-electron chi connectivity index (χ4n) is 1.81. The minimum Gasteiger partial charge on any atom is -0.389 e. The van der Waals surface area contributed by atoms with Crippen molar-refractivity contribution in [2.45, 2.75) is 32.3 Å². The number of carbonyl (C=O) groups is 1. The predicted octanol–water partition coefficient (Wildman–Crippen LogP) is 2.41. The second-order valence-electron chi connectivity index (χ2n) is 5.05. The van der Waals surface area contributed by atoms with Crippen LogP contribution in [0.25, 0.3) is 0 Å². The lowest BCUT2D eigenvalue weighted by atomic mass is 10.1. The summed E-state index contributed by atoms with van der Waals surface area (Å²) in [7, 11) is 1.97. The number of aliphatic hydroxyl groups is 1. The first-order valence-corrected chi connectivity index (χ1v) is 6.74. The zero-order chi connectivity index (χ0) is 12.9. The molecule has 17 heavy (non-hydrogen) atoms. The Morgan fingerprint density at radius 3 is 2.76 bits per heavy atom. The van der Waals surface area contributed by atoms with Gasteiger partial charge in [-0.25, -0.2) is 0 Å². The van der Waals surface area contributed by atoms with Gasteiger partial charge in [-0.05, 0) is 45.3 Å². The van der Waals surface area contributed by atoms with E-state index in [1.807, 2.05) is 24.6 Å². The van der Waals surface area contributed by atoms with Gasteiger partial charge in [-0.3, -0.25) is 4.79 Å². The average molecular weight is 255 g/mol. The maximum Gasteiger partial charge on any atom is 0.172 e. The first-order chi connectivity index (χ1) is 7.88. The van der Waals surface area contributed by atoms with Crippen LogP contribution in [0.3, 0.4) is 0 Å². The van der Waals surface area contributed by atoms with Gasteiger partial charge in [0.1, 0.15) is 0 Å². The van der Waals surface area contributed by atoms with E-state index in [9.17, 15) is 9.90 Å². The summed E-state index contributed by atoms with van der Waals surface area (Å²) in [6, 6.07) is 3.77. The molecule has 3 nitrogen and oxygen atoms in total. The predicted molar refractivity (Wildman–Crippen MR) is 71.7 cm³/mol. The number of nitrogens with zero attached hydrogens (tertiary/aromatic N) is 1. The molecule has 0 fully saturated rings. The first-order valence-electron chi connectivity index (χ1n) is 5.86. The number of hydrogen-bond donors (Lipinski definition) is 1. The second-order valence-corrected chi connectivity index (χ2v) is 6.00. The van der Waals surface area contributed by atoms with Crippen LogP contribution < -0.4 is 0 Å². The van der Waals surface area contributed by atoms with Gasteiger partial charge >= 0.3 is 0 Å². The highest BCUT2D eigenvalue weighted by molar-refractivity contribution is 7.12. The number of hydrogen-bond acceptors (Lipinski definition) is 4. The Kier molecular flexibility index (Phi) is 5.31. The highest BCUT2D eigenvalue weighted by atomic mass is 32.1. The Morgan fingerprint density at radius 2 is 2.24 bits per heavy atom. The van der Waals surface area contributed by atoms with E-state index in [1.54, 1.807) is 13.8 Å².